The lowest BCUT2D eigenvalue weighted by atomic mass is 9.94. The third kappa shape index (κ3) is 8.86. The van der Waals surface area contributed by atoms with Crippen LogP contribution in [0.3, 0.4) is 0 Å². The molecule has 3 aliphatic rings. The van der Waals surface area contributed by atoms with Gasteiger partial charge in [-0.25, -0.2) is 19.6 Å². The summed E-state index contributed by atoms with van der Waals surface area (Å²) in [5, 5.41) is 5.89. The smallest absolute Gasteiger partial charge is 0.422 e. The van der Waals surface area contributed by atoms with Gasteiger partial charge in [-0.2, -0.15) is 0 Å². The number of carbonyl (C=O) groups excluding carboxylic acids is 3. The largest absolute Gasteiger partial charge is 0.497 e. The van der Waals surface area contributed by atoms with Gasteiger partial charge in [-0.15, -0.1) is 0 Å². The summed E-state index contributed by atoms with van der Waals surface area (Å²) in [6.45, 7) is 8.52. The number of nitrogens with zero attached hydrogens (tertiary/aromatic N) is 2. The van der Waals surface area contributed by atoms with Gasteiger partial charge in [0.25, 0.3) is 0 Å². The van der Waals surface area contributed by atoms with Gasteiger partial charge in [0.15, 0.2) is 0 Å². The van der Waals surface area contributed by atoms with Crippen LogP contribution in [0.1, 0.15) is 72.6 Å². The van der Waals surface area contributed by atoms with Gasteiger partial charge < -0.3 is 24.3 Å². The summed E-state index contributed by atoms with van der Waals surface area (Å²) in [5.74, 6) is -0.0523. The first-order valence-corrected chi connectivity index (χ1v) is 18.6. The van der Waals surface area contributed by atoms with Crippen LogP contribution in [-0.2, 0) is 19.1 Å². The van der Waals surface area contributed by atoms with E-state index in [-0.39, 0.29) is 30.5 Å². The van der Waals surface area contributed by atoms with Crippen LogP contribution < -0.4 is 20.2 Å². The molecule has 52 heavy (non-hydrogen) atoms. The Bertz CT molecular complexity index is 1770. The zero-order chi connectivity index (χ0) is 36.9. The normalized spacial score (nSPS) is 26.1. The third-order valence-electron chi connectivity index (χ3n) is 10.1. The van der Waals surface area contributed by atoms with Crippen molar-refractivity contribution in [3.05, 3.63) is 66.7 Å². The predicted molar refractivity (Wildman–Crippen MR) is 199 cm³/mol. The molecule has 2 amide bonds. The van der Waals surface area contributed by atoms with Crippen LogP contribution in [0, 0.1) is 17.8 Å². The Morgan fingerprint density at radius 2 is 1.87 bits per heavy atom. The van der Waals surface area contributed by atoms with Gasteiger partial charge in [-0.05, 0) is 84.3 Å². The number of benzene rings is 2. The van der Waals surface area contributed by atoms with Crippen LogP contribution in [-0.4, -0.2) is 72.0 Å². The Morgan fingerprint density at radius 3 is 2.62 bits per heavy atom. The molecule has 5 atom stereocenters. The molecule has 278 valence electrons. The number of nitrogens with one attached hydrogen (secondary N) is 2. The Kier molecular flexibility index (Phi) is 11.4. The number of fused-ring (bicyclic) bond motifs is 3. The molecule has 11 heteroatoms. The second-order valence-corrected chi connectivity index (χ2v) is 15.2. The maximum atomic E-state index is 14.4. The molecule has 2 fully saturated rings. The summed E-state index contributed by atoms with van der Waals surface area (Å²) in [7, 11) is 1.63. The standard InChI is InChI=1S/C41H52N4O7/c1-6-50-38(47)41-25-29(41)17-13-8-7-9-14-20-45(44-39(48)52-40(2,3)4)26-28-21-31(22-33(28)37(46)43-41)51-36-24-34(27-15-11-10-12-16-27)42-35-23-30(49-5)18-19-32(35)36/h10-13,15-19,23-24,28-29,31,33H,6-9,14,20-22,25-26H2,1-5H3,(H,43,46)(H,44,48)/b17-13-/t28-,29+,31-,33+,41+/m0/s1. The van der Waals surface area contributed by atoms with Crippen LogP contribution in [0.4, 0.5) is 4.79 Å². The number of ether oxygens (including phenoxy) is 4. The number of aromatic nitrogens is 1. The molecular formula is C41H52N4O7. The van der Waals surface area contributed by atoms with Crippen LogP contribution >= 0.6 is 0 Å². The van der Waals surface area contributed by atoms with Crippen molar-refractivity contribution in [1.82, 2.24) is 20.7 Å². The maximum Gasteiger partial charge on any atom is 0.422 e. The van der Waals surface area contributed by atoms with Crippen LogP contribution in [0.25, 0.3) is 22.2 Å². The summed E-state index contributed by atoms with van der Waals surface area (Å²) >= 11 is 0. The van der Waals surface area contributed by atoms with Gasteiger partial charge in [0.1, 0.15) is 22.6 Å². The van der Waals surface area contributed by atoms with Gasteiger partial charge >= 0.3 is 12.1 Å². The molecule has 2 heterocycles. The third-order valence-corrected chi connectivity index (χ3v) is 10.1. The van der Waals surface area contributed by atoms with E-state index in [0.717, 1.165) is 47.8 Å². The zero-order valence-electron chi connectivity index (χ0n) is 31.0. The van der Waals surface area contributed by atoms with Crippen LogP contribution in [0.2, 0.25) is 0 Å². The lowest BCUT2D eigenvalue weighted by Crippen LogP contribution is -2.51. The van der Waals surface area contributed by atoms with Crippen molar-refractivity contribution in [2.45, 2.75) is 89.9 Å². The van der Waals surface area contributed by atoms with E-state index in [1.165, 1.54) is 0 Å². The van der Waals surface area contributed by atoms with E-state index < -0.39 is 29.1 Å². The molecule has 2 aliphatic carbocycles. The highest BCUT2D eigenvalue weighted by molar-refractivity contribution is 5.93. The Labute approximate surface area is 306 Å². The summed E-state index contributed by atoms with van der Waals surface area (Å²) in [6.07, 6.45) is 8.46. The Balaban J connectivity index is 1.32. The topological polar surface area (TPSA) is 128 Å². The van der Waals surface area contributed by atoms with Gasteiger partial charge in [-0.1, -0.05) is 48.9 Å². The zero-order valence-corrected chi connectivity index (χ0v) is 31.0. The number of amides is 2. The molecule has 2 N–H and O–H groups in total. The lowest BCUT2D eigenvalue weighted by Gasteiger charge is -2.30. The molecule has 1 aliphatic heterocycles. The minimum absolute atomic E-state index is 0.116. The molecule has 2 saturated carbocycles. The molecule has 0 saturated heterocycles. The van der Waals surface area contributed by atoms with E-state index in [1.54, 1.807) is 14.0 Å². The van der Waals surface area contributed by atoms with E-state index in [9.17, 15) is 14.4 Å². The first kappa shape index (κ1) is 37.1. The Hall–Kier alpha value is -4.64. The minimum atomic E-state index is -1.08. The van der Waals surface area contributed by atoms with Crippen molar-refractivity contribution in [3.63, 3.8) is 0 Å². The molecule has 0 unspecified atom stereocenters. The van der Waals surface area contributed by atoms with Crippen molar-refractivity contribution in [3.8, 4) is 22.8 Å². The molecule has 1 aromatic heterocycles. The molecule has 11 nitrogen and oxygen atoms in total. The van der Waals surface area contributed by atoms with Crippen molar-refractivity contribution < 1.29 is 33.3 Å². The molecule has 2 aromatic carbocycles. The number of esters is 1. The monoisotopic (exact) mass is 712 g/mol. The molecule has 0 radical (unpaired) electrons. The number of hydrogen-bond donors (Lipinski definition) is 2. The molecule has 0 bridgehead atoms. The SMILES string of the molecule is CCOC(=O)[C@@]12C[C@H]1/C=C\CCCCCN(NC(=O)OC(C)(C)C)C[C@@H]1C[C@H](Oc3cc(-c4ccccc4)nc4cc(OC)ccc34)C[C@H]1C(=O)N2. The average molecular weight is 713 g/mol. The van der Waals surface area contributed by atoms with E-state index >= 15 is 0 Å². The number of allylic oxidation sites excluding steroid dienone is 1. The number of pyridine rings is 1. The molecule has 3 aromatic rings. The van der Waals surface area contributed by atoms with E-state index in [0.29, 0.717) is 43.9 Å². The second kappa shape index (κ2) is 15.9. The van der Waals surface area contributed by atoms with Gasteiger partial charge in [-0.3, -0.25) is 10.2 Å². The minimum Gasteiger partial charge on any atom is -0.497 e. The first-order chi connectivity index (χ1) is 25.0. The fourth-order valence-electron chi connectivity index (χ4n) is 7.46. The van der Waals surface area contributed by atoms with Gasteiger partial charge in [0.05, 0.1) is 31.0 Å². The van der Waals surface area contributed by atoms with Gasteiger partial charge in [0.2, 0.25) is 5.91 Å². The highest BCUT2D eigenvalue weighted by atomic mass is 16.6. The molecule has 6 rings (SSSR count). The average Bonchev–Trinajstić information content (AvgIpc) is 3.66. The quantitative estimate of drug-likeness (QED) is 0.197. The van der Waals surface area contributed by atoms with Crippen molar-refractivity contribution in [1.29, 1.82) is 0 Å². The van der Waals surface area contributed by atoms with Gasteiger partial charge in [0, 0.05) is 48.0 Å². The summed E-state index contributed by atoms with van der Waals surface area (Å²) < 4.78 is 23.5. The van der Waals surface area contributed by atoms with Crippen molar-refractivity contribution in [2.75, 3.05) is 26.8 Å². The number of hydrazine groups is 1. The van der Waals surface area contributed by atoms with Crippen LogP contribution in [0.15, 0.2) is 66.7 Å². The van der Waals surface area contributed by atoms with E-state index in [1.807, 2.05) is 80.4 Å². The lowest BCUT2D eigenvalue weighted by molar-refractivity contribution is -0.149. The van der Waals surface area contributed by atoms with Crippen molar-refractivity contribution >= 4 is 28.9 Å². The predicted octanol–water partition coefficient (Wildman–Crippen LogP) is 6.99. The molecule has 0 spiro atoms. The number of rotatable bonds is 7. The fraction of sp³-hybridized carbons (Fsp3) is 0.512. The van der Waals surface area contributed by atoms with Crippen molar-refractivity contribution in [2.24, 2.45) is 17.8 Å². The summed E-state index contributed by atoms with van der Waals surface area (Å²) in [6, 6.07) is 17.6. The fourth-order valence-corrected chi connectivity index (χ4v) is 7.46. The number of methoxy groups -OCH3 is 1. The molecular weight excluding hydrogens is 660 g/mol. The maximum absolute atomic E-state index is 14.4. The van der Waals surface area contributed by atoms with E-state index in [4.69, 9.17) is 23.9 Å². The second-order valence-electron chi connectivity index (χ2n) is 15.2. The summed E-state index contributed by atoms with van der Waals surface area (Å²) in [4.78, 5) is 45.6. The van der Waals surface area contributed by atoms with Crippen LogP contribution in [0.5, 0.6) is 11.5 Å². The summed E-state index contributed by atoms with van der Waals surface area (Å²) in [5.41, 5.74) is 3.68. The first-order valence-electron chi connectivity index (χ1n) is 18.6. The highest BCUT2D eigenvalue weighted by Gasteiger charge is 2.62. The Morgan fingerprint density at radius 1 is 1.06 bits per heavy atom. The number of carbonyl (C=O) groups is 3. The highest BCUT2D eigenvalue weighted by Crippen LogP contribution is 2.47. The number of hydrogen-bond acceptors (Lipinski definition) is 9. The van der Waals surface area contributed by atoms with E-state index in [2.05, 4.69) is 22.9 Å².